The van der Waals surface area contributed by atoms with Gasteiger partial charge >= 0.3 is 5.97 Å². The first kappa shape index (κ1) is 20.9. The molecule has 0 saturated heterocycles. The van der Waals surface area contributed by atoms with Crippen LogP contribution in [0, 0.1) is 5.82 Å². The van der Waals surface area contributed by atoms with Gasteiger partial charge in [-0.05, 0) is 35.7 Å². The number of hydrogen-bond donors (Lipinski definition) is 0. The van der Waals surface area contributed by atoms with Crippen molar-refractivity contribution in [2.24, 2.45) is 0 Å². The Hall–Kier alpha value is -3.31. The van der Waals surface area contributed by atoms with Gasteiger partial charge in [0, 0.05) is 12.0 Å². The van der Waals surface area contributed by atoms with Gasteiger partial charge in [-0.25, -0.2) is 9.37 Å². The number of carbonyl (C=O) groups is 1. The second kappa shape index (κ2) is 9.67. The first-order valence-electron chi connectivity index (χ1n) is 10.2. The van der Waals surface area contributed by atoms with Crippen LogP contribution in [0.15, 0.2) is 78.9 Å². The molecule has 0 fully saturated rings. The maximum Gasteiger partial charge on any atom is 0.306 e. The van der Waals surface area contributed by atoms with E-state index in [-0.39, 0.29) is 11.8 Å². The summed E-state index contributed by atoms with van der Waals surface area (Å²) in [6, 6.07) is 24.7. The molecule has 5 heteroatoms. The number of halogens is 1. The number of ether oxygens (including phenoxy) is 1. The average molecular weight is 432 g/mol. The van der Waals surface area contributed by atoms with E-state index in [1.807, 2.05) is 49.4 Å². The van der Waals surface area contributed by atoms with E-state index < -0.39 is 0 Å². The number of hydrogen-bond acceptors (Lipinski definition) is 4. The molecule has 156 valence electrons. The van der Waals surface area contributed by atoms with Crippen molar-refractivity contribution in [1.82, 2.24) is 4.98 Å². The van der Waals surface area contributed by atoms with E-state index in [1.54, 1.807) is 23.5 Å². The standard InChI is InChI=1S/C26H22FNO2S/c1-2-30-24(29)17-16-23-28-25(26(31-23)21-6-4-3-5-7-21)20-10-8-18(9-11-20)19-12-14-22(27)15-13-19/h3-15H,2,16-17H2,1H3. The summed E-state index contributed by atoms with van der Waals surface area (Å²) >= 11 is 1.61. The lowest BCUT2D eigenvalue weighted by Gasteiger charge is -2.06. The summed E-state index contributed by atoms with van der Waals surface area (Å²) < 4.78 is 18.3. The number of esters is 1. The minimum Gasteiger partial charge on any atom is -0.466 e. The van der Waals surface area contributed by atoms with Crippen LogP contribution in [0.3, 0.4) is 0 Å². The van der Waals surface area contributed by atoms with Crippen LogP contribution in [0.25, 0.3) is 32.8 Å². The summed E-state index contributed by atoms with van der Waals surface area (Å²) in [5.41, 5.74) is 4.98. The van der Waals surface area contributed by atoms with Gasteiger partial charge in [0.25, 0.3) is 0 Å². The van der Waals surface area contributed by atoms with Crippen LogP contribution < -0.4 is 0 Å². The largest absolute Gasteiger partial charge is 0.466 e. The van der Waals surface area contributed by atoms with Gasteiger partial charge in [0.05, 0.1) is 28.6 Å². The molecule has 1 aromatic heterocycles. The molecule has 0 aliphatic rings. The molecule has 0 saturated carbocycles. The molecule has 0 amide bonds. The van der Waals surface area contributed by atoms with E-state index in [9.17, 15) is 9.18 Å². The van der Waals surface area contributed by atoms with Gasteiger partial charge in [-0.3, -0.25) is 4.79 Å². The Morgan fingerprint density at radius 3 is 2.13 bits per heavy atom. The maximum atomic E-state index is 13.2. The van der Waals surface area contributed by atoms with E-state index in [0.717, 1.165) is 37.8 Å². The van der Waals surface area contributed by atoms with Crippen LogP contribution in [0.2, 0.25) is 0 Å². The lowest BCUT2D eigenvalue weighted by molar-refractivity contribution is -0.143. The summed E-state index contributed by atoms with van der Waals surface area (Å²) in [6.07, 6.45) is 0.871. The first-order chi connectivity index (χ1) is 15.1. The van der Waals surface area contributed by atoms with Gasteiger partial charge in [-0.15, -0.1) is 11.3 Å². The maximum absolute atomic E-state index is 13.2. The van der Waals surface area contributed by atoms with Crippen molar-refractivity contribution < 1.29 is 13.9 Å². The Kier molecular flexibility index (Phi) is 6.53. The van der Waals surface area contributed by atoms with Crippen LogP contribution in [0.4, 0.5) is 4.39 Å². The van der Waals surface area contributed by atoms with Crippen molar-refractivity contribution in [3.05, 3.63) is 89.7 Å². The normalized spacial score (nSPS) is 10.8. The zero-order valence-corrected chi connectivity index (χ0v) is 18.0. The van der Waals surface area contributed by atoms with Crippen LogP contribution >= 0.6 is 11.3 Å². The predicted molar refractivity (Wildman–Crippen MR) is 123 cm³/mol. The monoisotopic (exact) mass is 431 g/mol. The quantitative estimate of drug-likeness (QED) is 0.303. The van der Waals surface area contributed by atoms with Gasteiger partial charge in [0.1, 0.15) is 5.82 Å². The molecule has 1 heterocycles. The molecular formula is C26H22FNO2S. The van der Waals surface area contributed by atoms with Crippen LogP contribution in [-0.2, 0) is 16.0 Å². The SMILES string of the molecule is CCOC(=O)CCc1nc(-c2ccc(-c3ccc(F)cc3)cc2)c(-c2ccccc2)s1. The molecule has 4 aromatic rings. The number of aryl methyl sites for hydroxylation is 1. The minimum absolute atomic E-state index is 0.204. The molecule has 3 aromatic carbocycles. The zero-order chi connectivity index (χ0) is 21.6. The third-order valence-electron chi connectivity index (χ3n) is 4.89. The molecule has 31 heavy (non-hydrogen) atoms. The molecule has 0 aliphatic heterocycles. The first-order valence-corrected chi connectivity index (χ1v) is 11.0. The van der Waals surface area contributed by atoms with E-state index >= 15 is 0 Å². The van der Waals surface area contributed by atoms with Crippen molar-refractivity contribution in [2.75, 3.05) is 6.61 Å². The highest BCUT2D eigenvalue weighted by atomic mass is 32.1. The second-order valence-corrected chi connectivity index (χ2v) is 8.12. The molecular weight excluding hydrogens is 409 g/mol. The highest BCUT2D eigenvalue weighted by molar-refractivity contribution is 7.15. The smallest absolute Gasteiger partial charge is 0.306 e. The van der Waals surface area contributed by atoms with Crippen molar-refractivity contribution in [3.8, 4) is 32.8 Å². The molecule has 0 radical (unpaired) electrons. The van der Waals surface area contributed by atoms with E-state index in [2.05, 4.69) is 12.1 Å². The topological polar surface area (TPSA) is 39.2 Å². The third kappa shape index (κ3) is 5.06. The van der Waals surface area contributed by atoms with Gasteiger partial charge < -0.3 is 4.74 Å². The summed E-state index contributed by atoms with van der Waals surface area (Å²) in [7, 11) is 0. The van der Waals surface area contributed by atoms with Crippen LogP contribution in [0.1, 0.15) is 18.4 Å². The molecule has 0 atom stereocenters. The van der Waals surface area contributed by atoms with Gasteiger partial charge in [-0.1, -0.05) is 66.7 Å². The Bertz CT molecular complexity index is 1150. The van der Waals surface area contributed by atoms with E-state index in [4.69, 9.17) is 9.72 Å². The van der Waals surface area contributed by atoms with Gasteiger partial charge in [0.2, 0.25) is 0 Å². The predicted octanol–water partition coefficient (Wildman–Crippen LogP) is 6.78. The van der Waals surface area contributed by atoms with E-state index in [1.165, 1.54) is 12.1 Å². The molecule has 0 N–H and O–H groups in total. The molecule has 4 rings (SSSR count). The summed E-state index contributed by atoms with van der Waals surface area (Å²) in [4.78, 5) is 17.7. The lowest BCUT2D eigenvalue weighted by Crippen LogP contribution is -2.04. The van der Waals surface area contributed by atoms with Crippen molar-refractivity contribution in [2.45, 2.75) is 19.8 Å². The number of carbonyl (C=O) groups excluding carboxylic acids is 1. The number of nitrogens with zero attached hydrogens (tertiary/aromatic N) is 1. The molecule has 0 spiro atoms. The number of thiazole rings is 1. The van der Waals surface area contributed by atoms with E-state index in [0.29, 0.717) is 19.4 Å². The Balaban J connectivity index is 1.65. The van der Waals surface area contributed by atoms with Gasteiger partial charge in [-0.2, -0.15) is 0 Å². The highest BCUT2D eigenvalue weighted by Gasteiger charge is 2.16. The minimum atomic E-state index is -0.245. The molecule has 0 aliphatic carbocycles. The highest BCUT2D eigenvalue weighted by Crippen LogP contribution is 2.38. The fourth-order valence-electron chi connectivity index (χ4n) is 3.36. The van der Waals surface area contributed by atoms with Gasteiger partial charge in [0.15, 0.2) is 0 Å². The lowest BCUT2D eigenvalue weighted by atomic mass is 10.0. The molecule has 0 unspecified atom stereocenters. The summed E-state index contributed by atoms with van der Waals surface area (Å²) in [5, 5.41) is 0.907. The number of rotatable bonds is 7. The van der Waals surface area contributed by atoms with Crippen molar-refractivity contribution in [3.63, 3.8) is 0 Å². The number of benzene rings is 3. The fraction of sp³-hybridized carbons (Fsp3) is 0.154. The summed E-state index contributed by atoms with van der Waals surface area (Å²) in [6.45, 7) is 2.19. The average Bonchev–Trinajstić information content (AvgIpc) is 3.24. The molecule has 3 nitrogen and oxygen atoms in total. The van der Waals surface area contributed by atoms with Crippen molar-refractivity contribution >= 4 is 17.3 Å². The Morgan fingerprint density at radius 1 is 0.871 bits per heavy atom. The van der Waals surface area contributed by atoms with Crippen LogP contribution in [0.5, 0.6) is 0 Å². The zero-order valence-electron chi connectivity index (χ0n) is 17.2. The number of aromatic nitrogens is 1. The van der Waals surface area contributed by atoms with Crippen molar-refractivity contribution in [1.29, 1.82) is 0 Å². The second-order valence-electron chi connectivity index (χ2n) is 7.04. The Labute approximate surface area is 185 Å². The summed E-state index contributed by atoms with van der Waals surface area (Å²) in [5.74, 6) is -0.449. The third-order valence-corrected chi connectivity index (χ3v) is 6.06. The Morgan fingerprint density at radius 2 is 1.48 bits per heavy atom. The fourth-order valence-corrected chi connectivity index (χ4v) is 4.45. The molecule has 0 bridgehead atoms. The van der Waals surface area contributed by atoms with Crippen LogP contribution in [-0.4, -0.2) is 17.6 Å².